The van der Waals surface area contributed by atoms with Gasteiger partial charge in [-0.15, -0.1) is 0 Å². The van der Waals surface area contributed by atoms with Gasteiger partial charge < -0.3 is 4.74 Å². The van der Waals surface area contributed by atoms with Crippen molar-refractivity contribution in [3.05, 3.63) is 21.8 Å². The molecule has 0 unspecified atom stereocenters. The van der Waals surface area contributed by atoms with Gasteiger partial charge in [-0.05, 0) is 35.3 Å². The fourth-order valence-electron chi connectivity index (χ4n) is 0.763. The van der Waals surface area contributed by atoms with Gasteiger partial charge in [0, 0.05) is 10.7 Å². The standard InChI is InChI=1S/C9H11BrClNO/c1-3-6(2)13-9-8(11)4-7(10)5-12-9/h4-6H,3H2,1-2H3/t6-/m1/s1. The Morgan fingerprint density at radius 2 is 2.38 bits per heavy atom. The van der Waals surface area contributed by atoms with E-state index in [-0.39, 0.29) is 6.10 Å². The predicted molar refractivity (Wildman–Crippen MR) is 57.3 cm³/mol. The average Bonchev–Trinajstić information content (AvgIpc) is 2.09. The van der Waals surface area contributed by atoms with Gasteiger partial charge in [-0.1, -0.05) is 18.5 Å². The molecule has 1 heterocycles. The summed E-state index contributed by atoms with van der Waals surface area (Å²) in [6, 6.07) is 1.77. The smallest absolute Gasteiger partial charge is 0.232 e. The van der Waals surface area contributed by atoms with E-state index < -0.39 is 0 Å². The number of hydrogen-bond donors (Lipinski definition) is 0. The number of halogens is 2. The third kappa shape index (κ3) is 3.16. The first-order chi connectivity index (χ1) is 6.13. The van der Waals surface area contributed by atoms with Crippen LogP contribution < -0.4 is 4.74 Å². The van der Waals surface area contributed by atoms with Gasteiger partial charge in [0.1, 0.15) is 5.02 Å². The lowest BCUT2D eigenvalue weighted by molar-refractivity contribution is 0.209. The molecular weight excluding hydrogens is 253 g/mol. The van der Waals surface area contributed by atoms with E-state index in [2.05, 4.69) is 27.8 Å². The molecule has 72 valence electrons. The van der Waals surface area contributed by atoms with Crippen LogP contribution in [0.25, 0.3) is 0 Å². The van der Waals surface area contributed by atoms with Crippen LogP contribution in [0.2, 0.25) is 5.02 Å². The zero-order chi connectivity index (χ0) is 9.84. The van der Waals surface area contributed by atoms with Gasteiger partial charge in [0.15, 0.2) is 0 Å². The van der Waals surface area contributed by atoms with Crippen molar-refractivity contribution >= 4 is 27.5 Å². The molecule has 0 aliphatic rings. The van der Waals surface area contributed by atoms with E-state index >= 15 is 0 Å². The second-order valence-corrected chi connectivity index (χ2v) is 4.10. The van der Waals surface area contributed by atoms with E-state index in [0.29, 0.717) is 10.9 Å². The molecule has 0 spiro atoms. The Kier molecular flexibility index (Phi) is 4.00. The van der Waals surface area contributed by atoms with E-state index in [0.717, 1.165) is 10.9 Å². The van der Waals surface area contributed by atoms with E-state index in [1.807, 2.05) is 6.92 Å². The number of hydrogen-bond acceptors (Lipinski definition) is 2. The Morgan fingerprint density at radius 1 is 1.69 bits per heavy atom. The van der Waals surface area contributed by atoms with Crippen LogP contribution in [0.1, 0.15) is 20.3 Å². The molecule has 1 atom stereocenters. The topological polar surface area (TPSA) is 22.1 Å². The van der Waals surface area contributed by atoms with Gasteiger partial charge in [0.2, 0.25) is 5.88 Å². The SMILES string of the molecule is CC[C@@H](C)Oc1ncc(Br)cc1Cl. The average molecular weight is 265 g/mol. The van der Waals surface area contributed by atoms with Crippen molar-refractivity contribution in [2.75, 3.05) is 0 Å². The molecule has 1 aromatic heterocycles. The minimum absolute atomic E-state index is 0.145. The summed E-state index contributed by atoms with van der Waals surface area (Å²) in [5.74, 6) is 0.499. The maximum atomic E-state index is 5.91. The molecule has 1 aromatic rings. The molecule has 13 heavy (non-hydrogen) atoms. The maximum absolute atomic E-state index is 5.91. The monoisotopic (exact) mass is 263 g/mol. The highest BCUT2D eigenvalue weighted by Crippen LogP contribution is 2.25. The molecule has 4 heteroatoms. The Hall–Kier alpha value is -0.280. The Bertz CT molecular complexity index is 293. The molecule has 0 saturated carbocycles. The van der Waals surface area contributed by atoms with Crippen molar-refractivity contribution in [2.45, 2.75) is 26.4 Å². The number of ether oxygens (including phenoxy) is 1. The van der Waals surface area contributed by atoms with Crippen molar-refractivity contribution in [2.24, 2.45) is 0 Å². The Labute approximate surface area is 91.4 Å². The first-order valence-corrected chi connectivity index (χ1v) is 5.28. The lowest BCUT2D eigenvalue weighted by atomic mass is 10.3. The molecule has 0 aliphatic heterocycles. The molecule has 0 fully saturated rings. The van der Waals surface area contributed by atoms with Crippen LogP contribution in [-0.4, -0.2) is 11.1 Å². The highest BCUT2D eigenvalue weighted by atomic mass is 79.9. The minimum Gasteiger partial charge on any atom is -0.474 e. The van der Waals surface area contributed by atoms with Crippen molar-refractivity contribution in [1.29, 1.82) is 0 Å². The zero-order valence-corrected chi connectivity index (χ0v) is 9.89. The van der Waals surface area contributed by atoms with Crippen LogP contribution in [0.5, 0.6) is 5.88 Å². The van der Waals surface area contributed by atoms with Crippen LogP contribution in [0.15, 0.2) is 16.7 Å². The van der Waals surface area contributed by atoms with Gasteiger partial charge in [-0.25, -0.2) is 4.98 Å². The van der Waals surface area contributed by atoms with E-state index in [1.165, 1.54) is 0 Å². The highest BCUT2D eigenvalue weighted by Gasteiger charge is 2.07. The predicted octanol–water partition coefficient (Wildman–Crippen LogP) is 3.67. The van der Waals surface area contributed by atoms with Crippen molar-refractivity contribution in [3.63, 3.8) is 0 Å². The summed E-state index contributed by atoms with van der Waals surface area (Å²) < 4.78 is 6.34. The quantitative estimate of drug-likeness (QED) is 0.831. The van der Waals surface area contributed by atoms with Gasteiger partial charge in [0.25, 0.3) is 0 Å². The van der Waals surface area contributed by atoms with E-state index in [4.69, 9.17) is 16.3 Å². The molecule has 2 nitrogen and oxygen atoms in total. The fraction of sp³-hybridized carbons (Fsp3) is 0.444. The number of pyridine rings is 1. The second kappa shape index (κ2) is 4.82. The maximum Gasteiger partial charge on any atom is 0.232 e. The van der Waals surface area contributed by atoms with Gasteiger partial charge >= 0.3 is 0 Å². The lowest BCUT2D eigenvalue weighted by Gasteiger charge is -2.12. The summed E-state index contributed by atoms with van der Waals surface area (Å²) in [7, 11) is 0. The summed E-state index contributed by atoms with van der Waals surface area (Å²) in [5.41, 5.74) is 0. The summed E-state index contributed by atoms with van der Waals surface area (Å²) in [6.45, 7) is 4.04. The van der Waals surface area contributed by atoms with Crippen molar-refractivity contribution in [3.8, 4) is 5.88 Å². The fourth-order valence-corrected chi connectivity index (χ4v) is 1.44. The first kappa shape index (κ1) is 10.8. The van der Waals surface area contributed by atoms with Gasteiger partial charge in [-0.2, -0.15) is 0 Å². The Balaban J connectivity index is 2.77. The number of aromatic nitrogens is 1. The van der Waals surface area contributed by atoms with Crippen LogP contribution in [-0.2, 0) is 0 Å². The van der Waals surface area contributed by atoms with E-state index in [1.54, 1.807) is 12.3 Å². The minimum atomic E-state index is 0.145. The third-order valence-electron chi connectivity index (χ3n) is 1.66. The second-order valence-electron chi connectivity index (χ2n) is 2.78. The van der Waals surface area contributed by atoms with Crippen molar-refractivity contribution in [1.82, 2.24) is 4.98 Å². The van der Waals surface area contributed by atoms with Crippen molar-refractivity contribution < 1.29 is 4.74 Å². The molecule has 1 rings (SSSR count). The van der Waals surface area contributed by atoms with Gasteiger partial charge in [-0.3, -0.25) is 0 Å². The highest BCUT2D eigenvalue weighted by molar-refractivity contribution is 9.10. The summed E-state index contributed by atoms with van der Waals surface area (Å²) in [4.78, 5) is 4.06. The molecule has 0 saturated heterocycles. The molecule has 0 aliphatic carbocycles. The molecule has 0 radical (unpaired) electrons. The third-order valence-corrected chi connectivity index (χ3v) is 2.37. The molecule has 0 aromatic carbocycles. The van der Waals surface area contributed by atoms with E-state index in [9.17, 15) is 0 Å². The molecule has 0 N–H and O–H groups in total. The normalized spacial score (nSPS) is 12.6. The Morgan fingerprint density at radius 3 is 2.92 bits per heavy atom. The van der Waals surface area contributed by atoms with Crippen LogP contribution >= 0.6 is 27.5 Å². The van der Waals surface area contributed by atoms with Crippen LogP contribution in [0.4, 0.5) is 0 Å². The number of nitrogens with zero attached hydrogens (tertiary/aromatic N) is 1. The summed E-state index contributed by atoms with van der Waals surface area (Å²) in [6.07, 6.45) is 2.75. The summed E-state index contributed by atoms with van der Waals surface area (Å²) >= 11 is 9.19. The number of rotatable bonds is 3. The molecule has 0 bridgehead atoms. The van der Waals surface area contributed by atoms with Crippen LogP contribution in [0.3, 0.4) is 0 Å². The first-order valence-electron chi connectivity index (χ1n) is 4.11. The largest absolute Gasteiger partial charge is 0.474 e. The van der Waals surface area contributed by atoms with Gasteiger partial charge in [0.05, 0.1) is 6.10 Å². The van der Waals surface area contributed by atoms with Crippen LogP contribution in [0, 0.1) is 0 Å². The zero-order valence-electron chi connectivity index (χ0n) is 7.55. The molecule has 0 amide bonds. The lowest BCUT2D eigenvalue weighted by Crippen LogP contribution is -2.10. The molecular formula is C9H11BrClNO. The summed E-state index contributed by atoms with van der Waals surface area (Å²) in [5, 5.41) is 0.537.